The number of carbonyl (C=O) groups is 2. The number of rotatable bonds is 6. The second-order valence-corrected chi connectivity index (χ2v) is 5.10. The Hall–Kier alpha value is -1.88. The highest BCUT2D eigenvalue weighted by atomic mass is 16.4. The van der Waals surface area contributed by atoms with E-state index in [1.54, 1.807) is 0 Å². The number of carbonyl (C=O) groups excluding carboxylic acids is 1. The van der Waals surface area contributed by atoms with E-state index in [2.05, 4.69) is 10.6 Å². The van der Waals surface area contributed by atoms with E-state index in [1.807, 2.05) is 24.3 Å². The normalized spacial score (nSPS) is 17.9. The third-order valence-electron chi connectivity index (χ3n) is 3.49. The van der Waals surface area contributed by atoms with E-state index in [4.69, 9.17) is 5.11 Å². The maximum Gasteiger partial charge on any atom is 0.303 e. The number of nitrogens with one attached hydrogen (secondary N) is 2. The molecule has 0 spiro atoms. The lowest BCUT2D eigenvalue weighted by Gasteiger charge is -2.13. The molecule has 1 fully saturated rings. The molecule has 0 aromatic heterocycles. The number of hydrogen-bond donors (Lipinski definition) is 3. The molecular weight excluding hydrogens is 256 g/mol. The Morgan fingerprint density at radius 3 is 2.85 bits per heavy atom. The summed E-state index contributed by atoms with van der Waals surface area (Å²) in [5.41, 5.74) is 1.58. The van der Waals surface area contributed by atoms with E-state index in [9.17, 15) is 9.59 Å². The predicted octanol–water partition coefficient (Wildman–Crippen LogP) is 1.78. The van der Waals surface area contributed by atoms with Gasteiger partial charge in [0.05, 0.1) is 0 Å². The van der Waals surface area contributed by atoms with Crippen LogP contribution in [0.3, 0.4) is 0 Å². The number of amides is 1. The molecule has 0 aliphatic carbocycles. The third kappa shape index (κ3) is 4.35. The summed E-state index contributed by atoms with van der Waals surface area (Å²) in [4.78, 5) is 22.6. The highest BCUT2D eigenvalue weighted by Crippen LogP contribution is 2.18. The molecule has 3 N–H and O–H groups in total. The minimum Gasteiger partial charge on any atom is -0.481 e. The van der Waals surface area contributed by atoms with Crippen LogP contribution in [0, 0.1) is 0 Å². The van der Waals surface area contributed by atoms with Crippen LogP contribution in [-0.2, 0) is 16.0 Å². The Bertz CT molecular complexity index is 482. The van der Waals surface area contributed by atoms with Crippen molar-refractivity contribution in [3.8, 4) is 0 Å². The van der Waals surface area contributed by atoms with Crippen molar-refractivity contribution >= 4 is 17.6 Å². The quantitative estimate of drug-likeness (QED) is 0.740. The van der Waals surface area contributed by atoms with Gasteiger partial charge in [-0.1, -0.05) is 18.2 Å². The minimum absolute atomic E-state index is 0.0211. The first-order chi connectivity index (χ1) is 9.65. The van der Waals surface area contributed by atoms with E-state index in [0.717, 1.165) is 30.6 Å². The summed E-state index contributed by atoms with van der Waals surface area (Å²) in [5, 5.41) is 14.9. The van der Waals surface area contributed by atoms with Crippen molar-refractivity contribution < 1.29 is 14.7 Å². The molecule has 2 rings (SSSR count). The molecule has 5 nitrogen and oxygen atoms in total. The van der Waals surface area contributed by atoms with E-state index in [-0.39, 0.29) is 18.4 Å². The number of anilines is 1. The van der Waals surface area contributed by atoms with Crippen LogP contribution >= 0.6 is 0 Å². The predicted molar refractivity (Wildman–Crippen MR) is 76.7 cm³/mol. The number of carboxylic acids is 1. The number of aryl methyl sites for hydroxylation is 1. The minimum atomic E-state index is -0.832. The van der Waals surface area contributed by atoms with Crippen LogP contribution in [0.5, 0.6) is 0 Å². The summed E-state index contributed by atoms with van der Waals surface area (Å²) in [6.45, 7) is 0.979. The average Bonchev–Trinajstić information content (AvgIpc) is 2.90. The molecular formula is C15H20N2O3. The molecule has 0 bridgehead atoms. The third-order valence-corrected chi connectivity index (χ3v) is 3.49. The Morgan fingerprint density at radius 1 is 1.35 bits per heavy atom. The molecule has 1 unspecified atom stereocenters. The number of benzene rings is 1. The molecule has 5 heteroatoms. The van der Waals surface area contributed by atoms with Gasteiger partial charge in [-0.2, -0.15) is 0 Å². The van der Waals surface area contributed by atoms with Crippen molar-refractivity contribution in [1.82, 2.24) is 5.32 Å². The lowest BCUT2D eigenvalue weighted by Crippen LogP contribution is -2.27. The number of para-hydroxylation sites is 1. The van der Waals surface area contributed by atoms with Crippen LogP contribution in [0.1, 0.15) is 31.2 Å². The average molecular weight is 276 g/mol. The molecule has 1 aliphatic rings. The van der Waals surface area contributed by atoms with Gasteiger partial charge < -0.3 is 15.7 Å². The Labute approximate surface area is 118 Å². The lowest BCUT2D eigenvalue weighted by molar-refractivity contribution is -0.136. The van der Waals surface area contributed by atoms with Crippen LogP contribution in [0.15, 0.2) is 24.3 Å². The highest BCUT2D eigenvalue weighted by Gasteiger charge is 2.18. The zero-order chi connectivity index (χ0) is 14.4. The summed E-state index contributed by atoms with van der Waals surface area (Å²) >= 11 is 0. The summed E-state index contributed by atoms with van der Waals surface area (Å²) in [6, 6.07) is 7.63. The number of carboxylic acid groups (broad SMARTS) is 1. The first kappa shape index (κ1) is 14.5. The van der Waals surface area contributed by atoms with Gasteiger partial charge in [-0.05, 0) is 37.4 Å². The lowest BCUT2D eigenvalue weighted by atomic mass is 10.1. The van der Waals surface area contributed by atoms with Crippen LogP contribution in [0.2, 0.25) is 0 Å². The Morgan fingerprint density at radius 2 is 2.15 bits per heavy atom. The van der Waals surface area contributed by atoms with Gasteiger partial charge >= 0.3 is 5.97 Å². The first-order valence-electron chi connectivity index (χ1n) is 6.98. The zero-order valence-corrected chi connectivity index (χ0v) is 11.4. The van der Waals surface area contributed by atoms with Crippen LogP contribution in [0.4, 0.5) is 5.69 Å². The molecule has 1 atom stereocenters. The van der Waals surface area contributed by atoms with Crippen molar-refractivity contribution in [2.75, 3.05) is 11.9 Å². The fourth-order valence-electron chi connectivity index (χ4n) is 2.46. The van der Waals surface area contributed by atoms with Crippen molar-refractivity contribution in [3.63, 3.8) is 0 Å². The van der Waals surface area contributed by atoms with Gasteiger partial charge in [0.2, 0.25) is 5.91 Å². The van der Waals surface area contributed by atoms with Gasteiger partial charge in [-0.3, -0.25) is 9.59 Å². The van der Waals surface area contributed by atoms with Gasteiger partial charge in [0.1, 0.15) is 0 Å². The Kier molecular flexibility index (Phi) is 5.12. The van der Waals surface area contributed by atoms with Crippen LogP contribution < -0.4 is 10.6 Å². The van der Waals surface area contributed by atoms with Gasteiger partial charge in [0, 0.05) is 24.6 Å². The summed E-state index contributed by atoms with van der Waals surface area (Å²) in [7, 11) is 0. The van der Waals surface area contributed by atoms with Gasteiger partial charge in [0.25, 0.3) is 0 Å². The maximum absolute atomic E-state index is 12.0. The van der Waals surface area contributed by atoms with E-state index in [1.165, 1.54) is 0 Å². The molecule has 20 heavy (non-hydrogen) atoms. The summed E-state index contributed by atoms with van der Waals surface area (Å²) in [5.74, 6) is -0.853. The number of hydrogen-bond acceptors (Lipinski definition) is 3. The standard InChI is InChI=1S/C15H20N2O3/c18-14(10-12-5-3-9-16-12)17-13-6-2-1-4-11(13)7-8-15(19)20/h1-2,4,6,12,16H,3,5,7-10H2,(H,17,18)(H,19,20). The summed E-state index contributed by atoms with van der Waals surface area (Å²) < 4.78 is 0. The topological polar surface area (TPSA) is 78.4 Å². The molecule has 108 valence electrons. The SMILES string of the molecule is O=C(O)CCc1ccccc1NC(=O)CC1CCCN1. The molecule has 1 heterocycles. The van der Waals surface area contributed by atoms with Crippen molar-refractivity contribution in [2.45, 2.75) is 38.1 Å². The van der Waals surface area contributed by atoms with Gasteiger partial charge in [-0.25, -0.2) is 0 Å². The number of aliphatic carboxylic acids is 1. The molecule has 1 aromatic rings. The second kappa shape index (κ2) is 7.05. The fourth-order valence-corrected chi connectivity index (χ4v) is 2.46. The molecule has 1 aromatic carbocycles. The van der Waals surface area contributed by atoms with Crippen LogP contribution in [-0.4, -0.2) is 29.6 Å². The van der Waals surface area contributed by atoms with Crippen molar-refractivity contribution in [3.05, 3.63) is 29.8 Å². The maximum atomic E-state index is 12.0. The first-order valence-corrected chi connectivity index (χ1v) is 6.98. The van der Waals surface area contributed by atoms with E-state index < -0.39 is 5.97 Å². The van der Waals surface area contributed by atoms with Gasteiger partial charge in [-0.15, -0.1) is 0 Å². The van der Waals surface area contributed by atoms with Crippen molar-refractivity contribution in [2.24, 2.45) is 0 Å². The fraction of sp³-hybridized carbons (Fsp3) is 0.467. The molecule has 1 aliphatic heterocycles. The molecule has 1 saturated heterocycles. The smallest absolute Gasteiger partial charge is 0.303 e. The Balaban J connectivity index is 1.93. The van der Waals surface area contributed by atoms with Gasteiger partial charge in [0.15, 0.2) is 0 Å². The zero-order valence-electron chi connectivity index (χ0n) is 11.4. The largest absolute Gasteiger partial charge is 0.481 e. The van der Waals surface area contributed by atoms with Crippen molar-refractivity contribution in [1.29, 1.82) is 0 Å². The highest BCUT2D eigenvalue weighted by molar-refractivity contribution is 5.92. The van der Waals surface area contributed by atoms with E-state index in [0.29, 0.717) is 12.8 Å². The van der Waals surface area contributed by atoms with E-state index >= 15 is 0 Å². The van der Waals surface area contributed by atoms with Crippen LogP contribution in [0.25, 0.3) is 0 Å². The molecule has 1 amide bonds. The monoisotopic (exact) mass is 276 g/mol. The summed E-state index contributed by atoms with van der Waals surface area (Å²) in [6.07, 6.45) is 3.11. The molecule has 0 radical (unpaired) electrons. The second-order valence-electron chi connectivity index (χ2n) is 5.10. The molecule has 0 saturated carbocycles.